The van der Waals surface area contributed by atoms with Gasteiger partial charge in [0.05, 0.1) is 30.7 Å². The van der Waals surface area contributed by atoms with Gasteiger partial charge in [-0.15, -0.1) is 0 Å². The highest BCUT2D eigenvalue weighted by Gasteiger charge is 2.13. The molecule has 1 aromatic heterocycles. The molecule has 8 heteroatoms. The minimum atomic E-state index is -0.918. The van der Waals surface area contributed by atoms with Crippen molar-refractivity contribution in [3.05, 3.63) is 53.7 Å². The molecule has 1 aromatic carbocycles. The fraction of sp³-hybridized carbons (Fsp3) is 0.333. The highest BCUT2D eigenvalue weighted by Crippen LogP contribution is 2.15. The quantitative estimate of drug-likeness (QED) is 0.853. The molecule has 138 valence electrons. The van der Waals surface area contributed by atoms with Gasteiger partial charge in [0.25, 0.3) is 5.91 Å². The number of halogens is 2. The predicted molar refractivity (Wildman–Crippen MR) is 91.3 cm³/mol. The molecular formula is C18H19F2N3O3. The molecule has 1 aliphatic heterocycles. The molecule has 1 N–H and O–H groups in total. The van der Waals surface area contributed by atoms with E-state index in [1.807, 2.05) is 0 Å². The Morgan fingerprint density at radius 2 is 2.04 bits per heavy atom. The number of hydrogen-bond donors (Lipinski definition) is 1. The van der Waals surface area contributed by atoms with Crippen molar-refractivity contribution in [3.8, 4) is 5.88 Å². The third-order valence-corrected chi connectivity index (χ3v) is 3.93. The molecule has 0 aliphatic carbocycles. The van der Waals surface area contributed by atoms with E-state index >= 15 is 0 Å². The van der Waals surface area contributed by atoms with E-state index in [9.17, 15) is 13.6 Å². The number of carbonyl (C=O) groups is 1. The largest absolute Gasteiger partial charge is 0.476 e. The first-order valence-corrected chi connectivity index (χ1v) is 8.27. The zero-order valence-corrected chi connectivity index (χ0v) is 14.1. The molecule has 3 rings (SSSR count). The number of rotatable bonds is 6. The first kappa shape index (κ1) is 18.2. The van der Waals surface area contributed by atoms with Gasteiger partial charge in [-0.1, -0.05) is 0 Å². The maximum absolute atomic E-state index is 13.6. The van der Waals surface area contributed by atoms with Crippen LogP contribution in [0.25, 0.3) is 0 Å². The summed E-state index contributed by atoms with van der Waals surface area (Å²) in [6.45, 7) is 4.54. The number of anilines is 1. The van der Waals surface area contributed by atoms with Crippen LogP contribution in [0.5, 0.6) is 5.88 Å². The summed E-state index contributed by atoms with van der Waals surface area (Å²) in [5, 5.41) is 2.51. The Kier molecular flexibility index (Phi) is 6.08. The Balaban J connectivity index is 1.50. The predicted octanol–water partition coefficient (Wildman–Crippen LogP) is 2.32. The van der Waals surface area contributed by atoms with Crippen molar-refractivity contribution in [1.82, 2.24) is 9.88 Å². The van der Waals surface area contributed by atoms with Crippen LogP contribution in [0.1, 0.15) is 10.4 Å². The van der Waals surface area contributed by atoms with Gasteiger partial charge in [-0.2, -0.15) is 0 Å². The van der Waals surface area contributed by atoms with E-state index in [4.69, 9.17) is 9.47 Å². The zero-order valence-electron chi connectivity index (χ0n) is 14.1. The monoisotopic (exact) mass is 363 g/mol. The van der Waals surface area contributed by atoms with Crippen molar-refractivity contribution in [2.45, 2.75) is 0 Å². The second-order valence-electron chi connectivity index (χ2n) is 5.77. The molecule has 1 fully saturated rings. The number of hydrogen-bond acceptors (Lipinski definition) is 5. The number of benzene rings is 1. The van der Waals surface area contributed by atoms with Crippen LogP contribution in [0.3, 0.4) is 0 Å². The van der Waals surface area contributed by atoms with Crippen molar-refractivity contribution in [3.63, 3.8) is 0 Å². The number of nitrogens with one attached hydrogen (secondary N) is 1. The van der Waals surface area contributed by atoms with Gasteiger partial charge >= 0.3 is 0 Å². The summed E-state index contributed by atoms with van der Waals surface area (Å²) in [6.07, 6.45) is 1.42. The molecule has 0 unspecified atom stereocenters. The molecule has 0 bridgehead atoms. The third kappa shape index (κ3) is 4.96. The van der Waals surface area contributed by atoms with Gasteiger partial charge < -0.3 is 14.8 Å². The summed E-state index contributed by atoms with van der Waals surface area (Å²) in [4.78, 5) is 18.4. The summed E-state index contributed by atoms with van der Waals surface area (Å²) in [5.74, 6) is -1.90. The van der Waals surface area contributed by atoms with Crippen molar-refractivity contribution in [2.24, 2.45) is 0 Å². The van der Waals surface area contributed by atoms with Crippen molar-refractivity contribution in [1.29, 1.82) is 0 Å². The van der Waals surface area contributed by atoms with E-state index in [1.54, 1.807) is 12.1 Å². The molecule has 1 saturated heterocycles. The lowest BCUT2D eigenvalue weighted by Gasteiger charge is -2.26. The Morgan fingerprint density at radius 3 is 2.73 bits per heavy atom. The van der Waals surface area contributed by atoms with Crippen LogP contribution in [-0.4, -0.2) is 55.2 Å². The van der Waals surface area contributed by atoms with Gasteiger partial charge in [0.1, 0.15) is 18.2 Å². The Bertz CT molecular complexity index is 750. The summed E-state index contributed by atoms with van der Waals surface area (Å²) < 4.78 is 37.4. The number of amides is 1. The molecule has 1 aliphatic rings. The zero-order chi connectivity index (χ0) is 18.4. The van der Waals surface area contributed by atoms with Crippen LogP contribution >= 0.6 is 0 Å². The molecule has 6 nitrogen and oxygen atoms in total. The van der Waals surface area contributed by atoms with Gasteiger partial charge in [-0.3, -0.25) is 9.69 Å². The van der Waals surface area contributed by atoms with Crippen molar-refractivity contribution < 1.29 is 23.0 Å². The van der Waals surface area contributed by atoms with Gasteiger partial charge in [-0.25, -0.2) is 13.8 Å². The van der Waals surface area contributed by atoms with Crippen molar-refractivity contribution >= 4 is 11.6 Å². The Morgan fingerprint density at radius 1 is 1.23 bits per heavy atom. The number of nitrogens with zero attached hydrogens (tertiary/aromatic N) is 2. The lowest BCUT2D eigenvalue weighted by atomic mass is 10.2. The topological polar surface area (TPSA) is 63.7 Å². The van der Waals surface area contributed by atoms with E-state index in [1.165, 1.54) is 6.20 Å². The fourth-order valence-electron chi connectivity index (χ4n) is 2.52. The lowest BCUT2D eigenvalue weighted by molar-refractivity contribution is 0.0320. The van der Waals surface area contributed by atoms with Gasteiger partial charge in [-0.05, 0) is 18.2 Å². The summed E-state index contributed by atoms with van der Waals surface area (Å²) in [5.41, 5.74) is 0.150. The maximum atomic E-state index is 13.6. The van der Waals surface area contributed by atoms with E-state index < -0.39 is 17.5 Å². The number of morpholine rings is 1. The molecule has 0 spiro atoms. The van der Waals surface area contributed by atoms with Gasteiger partial charge in [0.15, 0.2) is 0 Å². The number of pyridine rings is 1. The normalized spacial score (nSPS) is 14.8. The minimum absolute atomic E-state index is 0.239. The molecular weight excluding hydrogens is 344 g/mol. The Labute approximate surface area is 149 Å². The van der Waals surface area contributed by atoms with E-state index in [0.29, 0.717) is 24.2 Å². The first-order chi connectivity index (χ1) is 12.6. The minimum Gasteiger partial charge on any atom is -0.476 e. The molecule has 2 heterocycles. The van der Waals surface area contributed by atoms with E-state index in [0.717, 1.165) is 45.0 Å². The van der Waals surface area contributed by atoms with Crippen molar-refractivity contribution in [2.75, 3.05) is 44.8 Å². The summed E-state index contributed by atoms with van der Waals surface area (Å²) in [6, 6.07) is 6.02. The number of ether oxygens (including phenoxy) is 2. The number of carbonyl (C=O) groups excluding carboxylic acids is 1. The first-order valence-electron chi connectivity index (χ1n) is 8.27. The SMILES string of the molecule is O=C(Nc1ccc(OCCN2CCOCC2)nc1)c1ccc(F)cc1F. The number of aromatic nitrogens is 1. The molecule has 0 radical (unpaired) electrons. The highest BCUT2D eigenvalue weighted by molar-refractivity contribution is 6.04. The van der Waals surface area contributed by atoms with Crippen LogP contribution in [0.2, 0.25) is 0 Å². The maximum Gasteiger partial charge on any atom is 0.258 e. The molecule has 0 atom stereocenters. The molecule has 26 heavy (non-hydrogen) atoms. The fourth-order valence-corrected chi connectivity index (χ4v) is 2.52. The average molecular weight is 363 g/mol. The summed E-state index contributed by atoms with van der Waals surface area (Å²) >= 11 is 0. The highest BCUT2D eigenvalue weighted by atomic mass is 19.1. The van der Waals surface area contributed by atoms with Crippen LogP contribution in [0.15, 0.2) is 36.5 Å². The van der Waals surface area contributed by atoms with Crippen LogP contribution in [0, 0.1) is 11.6 Å². The van der Waals surface area contributed by atoms with E-state index in [-0.39, 0.29) is 5.56 Å². The second-order valence-corrected chi connectivity index (χ2v) is 5.77. The second kappa shape index (κ2) is 8.68. The standard InChI is InChI=1S/C18H19F2N3O3/c19-13-1-3-15(16(20)11-13)18(24)22-14-2-4-17(21-12-14)26-10-7-23-5-8-25-9-6-23/h1-4,11-12H,5-10H2,(H,22,24). The lowest BCUT2D eigenvalue weighted by Crippen LogP contribution is -2.38. The Hall–Kier alpha value is -2.58. The van der Waals surface area contributed by atoms with Crippen LogP contribution in [-0.2, 0) is 4.74 Å². The smallest absolute Gasteiger partial charge is 0.258 e. The summed E-state index contributed by atoms with van der Waals surface area (Å²) in [7, 11) is 0. The van der Waals surface area contributed by atoms with Gasteiger partial charge in [0.2, 0.25) is 5.88 Å². The average Bonchev–Trinajstić information content (AvgIpc) is 2.64. The van der Waals surface area contributed by atoms with Gasteiger partial charge in [0, 0.05) is 31.8 Å². The molecule has 1 amide bonds. The third-order valence-electron chi connectivity index (χ3n) is 3.93. The van der Waals surface area contributed by atoms with E-state index in [2.05, 4.69) is 15.2 Å². The molecule has 2 aromatic rings. The van der Waals surface area contributed by atoms with Crippen LogP contribution in [0.4, 0.5) is 14.5 Å². The molecule has 0 saturated carbocycles. The van der Waals surface area contributed by atoms with Crippen LogP contribution < -0.4 is 10.1 Å².